The van der Waals surface area contributed by atoms with Crippen molar-refractivity contribution in [3.63, 3.8) is 0 Å². The highest BCUT2D eigenvalue weighted by Crippen LogP contribution is 2.30. The molecule has 2 nitrogen and oxygen atoms in total. The number of hydrogen-bond acceptors (Lipinski definition) is 2. The predicted octanol–water partition coefficient (Wildman–Crippen LogP) is 4.60. The Morgan fingerprint density at radius 3 is 2.10 bits per heavy atom. The lowest BCUT2D eigenvalue weighted by molar-refractivity contribution is -0.137. The molecule has 0 atom stereocenters. The second-order valence-electron chi connectivity index (χ2n) is 4.25. The number of rotatable bonds is 3. The molecule has 0 bridgehead atoms. The molecule has 0 radical (unpaired) electrons. The lowest BCUT2D eigenvalue weighted by atomic mass is 10.0. The van der Waals surface area contributed by atoms with Crippen molar-refractivity contribution in [3.8, 4) is 5.75 Å². The van der Waals surface area contributed by atoms with Gasteiger partial charge < -0.3 is 4.74 Å². The van der Waals surface area contributed by atoms with Gasteiger partial charge in [0.2, 0.25) is 0 Å². The van der Waals surface area contributed by atoms with E-state index in [2.05, 4.69) is 0 Å². The normalized spacial score (nSPS) is 11.3. The van der Waals surface area contributed by atoms with Gasteiger partial charge in [-0.25, -0.2) is 0 Å². The van der Waals surface area contributed by atoms with Crippen LogP contribution in [0.4, 0.5) is 13.2 Å². The maximum atomic E-state index is 12.5. The number of methoxy groups -OCH3 is 1. The number of ketones is 1. The quantitative estimate of drug-likeness (QED) is 0.774. The minimum Gasteiger partial charge on any atom is -0.495 e. The van der Waals surface area contributed by atoms with Crippen LogP contribution in [-0.2, 0) is 6.18 Å². The molecule has 0 aliphatic heterocycles. The largest absolute Gasteiger partial charge is 0.495 e. The maximum Gasteiger partial charge on any atom is 0.416 e. The summed E-state index contributed by atoms with van der Waals surface area (Å²) in [7, 11) is 1.44. The zero-order valence-corrected chi connectivity index (χ0v) is 11.6. The van der Waals surface area contributed by atoms with E-state index in [1.807, 2.05) is 0 Å². The molecule has 2 aromatic carbocycles. The molecule has 0 amide bonds. The SMILES string of the molecule is COc1ccc(C(=O)c2ccc(C(F)(F)F)cc2)cc1Cl. The Kier molecular flexibility index (Phi) is 4.23. The molecular weight excluding hydrogens is 305 g/mol. The second kappa shape index (κ2) is 5.77. The van der Waals surface area contributed by atoms with Crippen LogP contribution in [0.15, 0.2) is 42.5 Å². The molecule has 0 aliphatic rings. The van der Waals surface area contributed by atoms with E-state index >= 15 is 0 Å². The third-order valence-electron chi connectivity index (χ3n) is 2.89. The number of carbonyl (C=O) groups is 1. The van der Waals surface area contributed by atoms with Gasteiger partial charge in [0.05, 0.1) is 17.7 Å². The maximum absolute atomic E-state index is 12.5. The molecule has 0 aromatic heterocycles. The summed E-state index contributed by atoms with van der Waals surface area (Å²) in [6, 6.07) is 8.48. The molecule has 0 aliphatic carbocycles. The number of halogens is 4. The van der Waals surface area contributed by atoms with Crippen LogP contribution >= 0.6 is 11.6 Å². The van der Waals surface area contributed by atoms with E-state index in [-0.39, 0.29) is 16.1 Å². The van der Waals surface area contributed by atoms with Gasteiger partial charge in [-0.3, -0.25) is 4.79 Å². The third kappa shape index (κ3) is 3.36. The molecular formula is C15H10ClF3O2. The van der Waals surface area contributed by atoms with Crippen LogP contribution in [0.2, 0.25) is 5.02 Å². The Morgan fingerprint density at radius 2 is 1.62 bits per heavy atom. The summed E-state index contributed by atoms with van der Waals surface area (Å²) >= 11 is 5.92. The topological polar surface area (TPSA) is 26.3 Å². The molecule has 0 unspecified atom stereocenters. The van der Waals surface area contributed by atoms with Crippen molar-refractivity contribution in [3.05, 3.63) is 64.2 Å². The van der Waals surface area contributed by atoms with E-state index in [0.29, 0.717) is 5.75 Å². The number of alkyl halides is 3. The Balaban J connectivity index is 2.30. The molecule has 110 valence electrons. The molecule has 0 saturated heterocycles. The first-order valence-electron chi connectivity index (χ1n) is 5.88. The van der Waals surface area contributed by atoms with Gasteiger partial charge in [-0.2, -0.15) is 13.2 Å². The fourth-order valence-electron chi connectivity index (χ4n) is 1.78. The van der Waals surface area contributed by atoms with Crippen LogP contribution in [0.3, 0.4) is 0 Å². The van der Waals surface area contributed by atoms with Crippen LogP contribution in [0.25, 0.3) is 0 Å². The van der Waals surface area contributed by atoms with Crippen molar-refractivity contribution in [1.82, 2.24) is 0 Å². The first kappa shape index (κ1) is 15.4. The average molecular weight is 315 g/mol. The van der Waals surface area contributed by atoms with Gasteiger partial charge in [0, 0.05) is 11.1 Å². The van der Waals surface area contributed by atoms with Crippen molar-refractivity contribution < 1.29 is 22.7 Å². The smallest absolute Gasteiger partial charge is 0.416 e. The Morgan fingerprint density at radius 1 is 1.05 bits per heavy atom. The summed E-state index contributed by atoms with van der Waals surface area (Å²) in [6.07, 6.45) is -4.43. The first-order valence-corrected chi connectivity index (χ1v) is 6.26. The summed E-state index contributed by atoms with van der Waals surface area (Å²) in [5.41, 5.74) is -0.364. The summed E-state index contributed by atoms with van der Waals surface area (Å²) in [5, 5.41) is 0.260. The minimum absolute atomic E-state index is 0.157. The van der Waals surface area contributed by atoms with Gasteiger partial charge in [-0.1, -0.05) is 23.7 Å². The minimum atomic E-state index is -4.43. The molecule has 0 fully saturated rings. The van der Waals surface area contributed by atoms with Gasteiger partial charge in [0.1, 0.15) is 5.75 Å². The average Bonchev–Trinajstić information content (AvgIpc) is 2.45. The number of benzene rings is 2. The molecule has 21 heavy (non-hydrogen) atoms. The Labute approximate surface area is 124 Å². The van der Waals surface area contributed by atoms with Crippen molar-refractivity contribution in [2.45, 2.75) is 6.18 Å². The molecule has 6 heteroatoms. The monoisotopic (exact) mass is 314 g/mol. The standard InChI is InChI=1S/C15H10ClF3O2/c1-21-13-7-4-10(8-12(13)16)14(20)9-2-5-11(6-3-9)15(17,18)19/h2-8H,1H3. The lowest BCUT2D eigenvalue weighted by Gasteiger charge is -2.08. The molecule has 0 spiro atoms. The number of hydrogen-bond donors (Lipinski definition) is 0. The van der Waals surface area contributed by atoms with Crippen LogP contribution < -0.4 is 4.74 Å². The van der Waals surface area contributed by atoms with Crippen LogP contribution in [0.1, 0.15) is 21.5 Å². The van der Waals surface area contributed by atoms with Crippen molar-refractivity contribution in [2.24, 2.45) is 0 Å². The fraction of sp³-hybridized carbons (Fsp3) is 0.133. The van der Waals surface area contributed by atoms with Crippen LogP contribution in [0, 0.1) is 0 Å². The highest BCUT2D eigenvalue weighted by atomic mass is 35.5. The molecule has 2 aromatic rings. The van der Waals surface area contributed by atoms with Crippen molar-refractivity contribution in [2.75, 3.05) is 7.11 Å². The van der Waals surface area contributed by atoms with E-state index in [9.17, 15) is 18.0 Å². The second-order valence-corrected chi connectivity index (χ2v) is 4.66. The summed E-state index contributed by atoms with van der Waals surface area (Å²) in [5.74, 6) is 0.00825. The number of carbonyl (C=O) groups excluding carboxylic acids is 1. The van der Waals surface area contributed by atoms with E-state index in [4.69, 9.17) is 16.3 Å². The summed E-state index contributed by atoms with van der Waals surface area (Å²) < 4.78 is 42.4. The predicted molar refractivity (Wildman–Crippen MR) is 72.9 cm³/mol. The van der Waals surface area contributed by atoms with Crippen LogP contribution in [0.5, 0.6) is 5.75 Å². The van der Waals surface area contributed by atoms with Gasteiger partial charge in [0.15, 0.2) is 5.78 Å². The van der Waals surface area contributed by atoms with Crippen molar-refractivity contribution >= 4 is 17.4 Å². The third-order valence-corrected chi connectivity index (χ3v) is 3.18. The Bertz CT molecular complexity index is 664. The van der Waals surface area contributed by atoms with Gasteiger partial charge in [0.25, 0.3) is 0 Å². The van der Waals surface area contributed by atoms with E-state index in [1.165, 1.54) is 25.3 Å². The number of ether oxygens (including phenoxy) is 1. The van der Waals surface area contributed by atoms with Crippen molar-refractivity contribution in [1.29, 1.82) is 0 Å². The van der Waals surface area contributed by atoms with E-state index in [0.717, 1.165) is 24.3 Å². The van der Waals surface area contributed by atoms with Gasteiger partial charge in [-0.05, 0) is 30.3 Å². The van der Waals surface area contributed by atoms with Crippen LogP contribution in [-0.4, -0.2) is 12.9 Å². The molecule has 2 rings (SSSR count). The molecule has 0 saturated carbocycles. The van der Waals surface area contributed by atoms with E-state index < -0.39 is 17.5 Å². The fourth-order valence-corrected chi connectivity index (χ4v) is 2.04. The Hall–Kier alpha value is -2.01. The highest BCUT2D eigenvalue weighted by Gasteiger charge is 2.30. The van der Waals surface area contributed by atoms with Gasteiger partial charge >= 0.3 is 6.18 Å². The lowest BCUT2D eigenvalue weighted by Crippen LogP contribution is -2.06. The van der Waals surface area contributed by atoms with Gasteiger partial charge in [-0.15, -0.1) is 0 Å². The first-order chi connectivity index (χ1) is 9.82. The summed E-state index contributed by atoms with van der Waals surface area (Å²) in [6.45, 7) is 0. The summed E-state index contributed by atoms with van der Waals surface area (Å²) in [4.78, 5) is 12.2. The zero-order valence-electron chi connectivity index (χ0n) is 10.9. The molecule has 0 heterocycles. The van der Waals surface area contributed by atoms with E-state index in [1.54, 1.807) is 0 Å². The highest BCUT2D eigenvalue weighted by molar-refractivity contribution is 6.32. The molecule has 0 N–H and O–H groups in total. The zero-order chi connectivity index (χ0) is 15.6.